The van der Waals surface area contributed by atoms with Crippen molar-refractivity contribution in [2.45, 2.75) is 18.7 Å². The quantitative estimate of drug-likeness (QED) is 0.232. The van der Waals surface area contributed by atoms with Gasteiger partial charge in [0.25, 0.3) is 10.0 Å². The monoisotopic (exact) mass is 505 g/mol. The van der Waals surface area contributed by atoms with E-state index in [-0.39, 0.29) is 10.7 Å². The number of aromatic nitrogens is 1. The van der Waals surface area contributed by atoms with Gasteiger partial charge in [0.05, 0.1) is 31.7 Å². The second-order valence-electron chi connectivity index (χ2n) is 8.32. The molecule has 0 saturated heterocycles. The number of hydrogen-bond donors (Lipinski definition) is 0. The molecule has 3 aromatic carbocycles. The number of ether oxygens (including phenoxy) is 3. The molecule has 8 heteroatoms. The maximum atomic E-state index is 13.3. The number of hydrogen-bond acceptors (Lipinski definition) is 6. The number of carbonyl (C=O) groups excluding carboxylic acids is 1. The predicted octanol–water partition coefficient (Wildman–Crippen LogP) is 5.50. The first-order chi connectivity index (χ1) is 17.2. The largest absolute Gasteiger partial charge is 0.493 e. The molecule has 0 radical (unpaired) electrons. The highest BCUT2D eigenvalue weighted by Gasteiger charge is 2.20. The summed E-state index contributed by atoms with van der Waals surface area (Å²) in [6.45, 7) is 3.61. The van der Waals surface area contributed by atoms with Crippen molar-refractivity contribution in [2.24, 2.45) is 0 Å². The molecule has 36 heavy (non-hydrogen) atoms. The van der Waals surface area contributed by atoms with Crippen molar-refractivity contribution in [1.82, 2.24) is 3.97 Å². The van der Waals surface area contributed by atoms with Gasteiger partial charge in [0.1, 0.15) is 0 Å². The third-order valence-corrected chi connectivity index (χ3v) is 7.63. The summed E-state index contributed by atoms with van der Waals surface area (Å²) in [5.41, 5.74) is 3.04. The molecule has 7 nitrogen and oxygen atoms in total. The Morgan fingerprint density at radius 1 is 0.861 bits per heavy atom. The Morgan fingerprint density at radius 2 is 1.50 bits per heavy atom. The minimum absolute atomic E-state index is 0.209. The summed E-state index contributed by atoms with van der Waals surface area (Å²) in [7, 11) is 0.701. The molecule has 0 N–H and O–H groups in total. The van der Waals surface area contributed by atoms with Crippen LogP contribution in [0.4, 0.5) is 0 Å². The lowest BCUT2D eigenvalue weighted by molar-refractivity contribution is 0.103. The van der Waals surface area contributed by atoms with Crippen molar-refractivity contribution >= 4 is 32.8 Å². The highest BCUT2D eigenvalue weighted by atomic mass is 32.2. The van der Waals surface area contributed by atoms with Crippen LogP contribution in [0.15, 0.2) is 77.3 Å². The first-order valence-electron chi connectivity index (χ1n) is 11.2. The minimum atomic E-state index is -3.78. The van der Waals surface area contributed by atoms with Crippen LogP contribution in [-0.2, 0) is 10.0 Å². The van der Waals surface area contributed by atoms with Crippen LogP contribution in [0, 0.1) is 6.92 Å². The van der Waals surface area contributed by atoms with Crippen molar-refractivity contribution in [1.29, 1.82) is 0 Å². The standard InChI is InChI=1S/C28H27NO6S/c1-18-6-10-23(11-7-18)36(31,32)29-13-12-21-9-8-20(15-24(21)29)14-19(2)27(30)22-16-25(33-3)28(35-5)26(17-22)34-4/h6-17H,1-5H3. The SMILES string of the molecule is COc1cc(C(=O)C(C)=Cc2ccc3ccn(S(=O)(=O)c4ccc(C)cc4)c3c2)cc(OC)c1OC. The smallest absolute Gasteiger partial charge is 0.268 e. The van der Waals surface area contributed by atoms with E-state index in [1.165, 1.54) is 25.3 Å². The Hall–Kier alpha value is -4.04. The number of allylic oxidation sites excluding steroid dienone is 1. The maximum Gasteiger partial charge on any atom is 0.268 e. The molecule has 0 saturated carbocycles. The summed E-state index contributed by atoms with van der Waals surface area (Å²) in [6, 6.07) is 17.1. The first kappa shape index (κ1) is 25.1. The van der Waals surface area contributed by atoms with Crippen LogP contribution in [0.5, 0.6) is 17.2 Å². The van der Waals surface area contributed by atoms with E-state index in [1.807, 2.05) is 19.1 Å². The fourth-order valence-corrected chi connectivity index (χ4v) is 5.34. The average molecular weight is 506 g/mol. The Balaban J connectivity index is 1.72. The lowest BCUT2D eigenvalue weighted by atomic mass is 10.0. The van der Waals surface area contributed by atoms with Crippen LogP contribution < -0.4 is 14.2 Å². The molecule has 0 fully saturated rings. The molecule has 1 aromatic heterocycles. The zero-order chi connectivity index (χ0) is 26.0. The molecule has 4 rings (SSSR count). The van der Waals surface area contributed by atoms with Gasteiger partial charge >= 0.3 is 0 Å². The van der Waals surface area contributed by atoms with E-state index in [4.69, 9.17) is 14.2 Å². The molecule has 0 aliphatic carbocycles. The molecule has 0 bridgehead atoms. The average Bonchev–Trinajstić information content (AvgIpc) is 3.31. The topological polar surface area (TPSA) is 83.8 Å². The Labute approximate surface area is 210 Å². The fourth-order valence-electron chi connectivity index (χ4n) is 4.00. The zero-order valence-electron chi connectivity index (χ0n) is 20.7. The molecule has 186 valence electrons. The summed E-state index contributed by atoms with van der Waals surface area (Å²) in [5.74, 6) is 0.943. The summed E-state index contributed by atoms with van der Waals surface area (Å²) >= 11 is 0. The van der Waals surface area contributed by atoms with Crippen molar-refractivity contribution in [3.63, 3.8) is 0 Å². The highest BCUT2D eigenvalue weighted by Crippen LogP contribution is 2.38. The molecule has 0 amide bonds. The van der Waals surface area contributed by atoms with E-state index in [0.29, 0.717) is 39.5 Å². The first-order valence-corrected chi connectivity index (χ1v) is 12.6. The van der Waals surface area contributed by atoms with Gasteiger partial charge in [0, 0.05) is 17.1 Å². The summed E-state index contributed by atoms with van der Waals surface area (Å²) in [4.78, 5) is 13.4. The Morgan fingerprint density at radius 3 is 2.08 bits per heavy atom. The van der Waals surface area contributed by atoms with Crippen LogP contribution in [-0.4, -0.2) is 39.5 Å². The number of Topliss-reactive ketones (excluding diaryl/α,β-unsaturated/α-hetero) is 1. The lowest BCUT2D eigenvalue weighted by Crippen LogP contribution is -2.11. The van der Waals surface area contributed by atoms with Gasteiger partial charge in [-0.3, -0.25) is 4.79 Å². The number of ketones is 1. The van der Waals surface area contributed by atoms with E-state index in [1.54, 1.807) is 67.7 Å². The molecule has 0 aliphatic rings. The van der Waals surface area contributed by atoms with Gasteiger partial charge in [0.2, 0.25) is 5.75 Å². The van der Waals surface area contributed by atoms with E-state index >= 15 is 0 Å². The van der Waals surface area contributed by atoms with Crippen LogP contribution in [0.3, 0.4) is 0 Å². The van der Waals surface area contributed by atoms with Crippen molar-refractivity contribution in [3.8, 4) is 17.2 Å². The van der Waals surface area contributed by atoms with Crippen molar-refractivity contribution < 1.29 is 27.4 Å². The van der Waals surface area contributed by atoms with E-state index in [2.05, 4.69) is 0 Å². The van der Waals surface area contributed by atoms with Gasteiger partial charge in [-0.25, -0.2) is 12.4 Å². The van der Waals surface area contributed by atoms with Gasteiger partial charge in [0.15, 0.2) is 17.3 Å². The molecule has 0 spiro atoms. The van der Waals surface area contributed by atoms with Crippen LogP contribution in [0.25, 0.3) is 17.0 Å². The predicted molar refractivity (Wildman–Crippen MR) is 140 cm³/mol. The van der Waals surface area contributed by atoms with Crippen LogP contribution >= 0.6 is 0 Å². The third-order valence-electron chi connectivity index (χ3n) is 5.93. The van der Waals surface area contributed by atoms with E-state index in [9.17, 15) is 13.2 Å². The highest BCUT2D eigenvalue weighted by molar-refractivity contribution is 7.90. The lowest BCUT2D eigenvalue weighted by Gasteiger charge is -2.14. The summed E-state index contributed by atoms with van der Waals surface area (Å²) in [5, 5.41) is 0.774. The van der Waals surface area contributed by atoms with Gasteiger partial charge in [-0.05, 0) is 67.5 Å². The molecular formula is C28H27NO6S. The second-order valence-corrected chi connectivity index (χ2v) is 10.1. The Bertz CT molecular complexity index is 1560. The summed E-state index contributed by atoms with van der Waals surface area (Å²) < 4.78 is 43.9. The van der Waals surface area contributed by atoms with E-state index in [0.717, 1.165) is 10.9 Å². The zero-order valence-corrected chi connectivity index (χ0v) is 21.5. The van der Waals surface area contributed by atoms with E-state index < -0.39 is 10.0 Å². The van der Waals surface area contributed by atoms with Gasteiger partial charge < -0.3 is 14.2 Å². The normalized spacial score (nSPS) is 12.0. The molecule has 0 atom stereocenters. The fraction of sp³-hybridized carbons (Fsp3) is 0.179. The number of nitrogens with zero attached hydrogens (tertiary/aromatic N) is 1. The van der Waals surface area contributed by atoms with Gasteiger partial charge in [-0.2, -0.15) is 0 Å². The molecule has 1 heterocycles. The van der Waals surface area contributed by atoms with Gasteiger partial charge in [-0.1, -0.05) is 29.8 Å². The number of rotatable bonds is 8. The number of aryl methyl sites for hydroxylation is 1. The third kappa shape index (κ3) is 4.59. The number of methoxy groups -OCH3 is 3. The minimum Gasteiger partial charge on any atom is -0.493 e. The molecule has 0 aliphatic heterocycles. The molecular weight excluding hydrogens is 478 g/mol. The maximum absolute atomic E-state index is 13.3. The number of carbonyl (C=O) groups is 1. The molecule has 0 unspecified atom stereocenters. The van der Waals surface area contributed by atoms with Crippen LogP contribution in [0.2, 0.25) is 0 Å². The number of benzene rings is 3. The van der Waals surface area contributed by atoms with Crippen LogP contribution in [0.1, 0.15) is 28.4 Å². The summed E-state index contributed by atoms with van der Waals surface area (Å²) in [6.07, 6.45) is 3.27. The van der Waals surface area contributed by atoms with Crippen molar-refractivity contribution in [3.05, 3.63) is 89.1 Å². The van der Waals surface area contributed by atoms with Crippen molar-refractivity contribution in [2.75, 3.05) is 21.3 Å². The second kappa shape index (κ2) is 9.91. The number of fused-ring (bicyclic) bond motifs is 1. The van der Waals surface area contributed by atoms with Gasteiger partial charge in [-0.15, -0.1) is 0 Å². The Kier molecular flexibility index (Phi) is 6.90. The molecule has 4 aromatic rings.